The smallest absolute Gasteiger partial charge is 0.416 e. The van der Waals surface area contributed by atoms with Gasteiger partial charge in [-0.3, -0.25) is 4.79 Å². The SMILES string of the molecule is COc1cc(/C=C2\C(=O)Nc3cc(C(F)(F)F)ccc32)cc(Cl)c1OCc1ccccc1F. The van der Waals surface area contributed by atoms with Crippen molar-refractivity contribution < 1.29 is 31.8 Å². The summed E-state index contributed by atoms with van der Waals surface area (Å²) in [7, 11) is 1.40. The van der Waals surface area contributed by atoms with Gasteiger partial charge in [0.05, 0.1) is 17.7 Å². The number of anilines is 1. The number of halogens is 5. The molecule has 3 aromatic carbocycles. The van der Waals surface area contributed by atoms with E-state index in [1.807, 2.05) is 0 Å². The second kappa shape index (κ2) is 8.78. The summed E-state index contributed by atoms with van der Waals surface area (Å²) in [4.78, 5) is 12.4. The lowest BCUT2D eigenvalue weighted by Gasteiger charge is -2.14. The van der Waals surface area contributed by atoms with E-state index in [1.54, 1.807) is 24.3 Å². The largest absolute Gasteiger partial charge is 0.493 e. The molecule has 0 aliphatic carbocycles. The zero-order valence-electron chi connectivity index (χ0n) is 17.1. The van der Waals surface area contributed by atoms with Crippen molar-refractivity contribution in [2.75, 3.05) is 12.4 Å². The fourth-order valence-electron chi connectivity index (χ4n) is 3.41. The van der Waals surface area contributed by atoms with Gasteiger partial charge in [0.1, 0.15) is 12.4 Å². The lowest BCUT2D eigenvalue weighted by Crippen LogP contribution is -2.06. The summed E-state index contributed by atoms with van der Waals surface area (Å²) in [5.41, 5.74) is 0.528. The highest BCUT2D eigenvalue weighted by Crippen LogP contribution is 2.41. The molecule has 0 saturated carbocycles. The second-order valence-corrected chi connectivity index (χ2v) is 7.59. The minimum absolute atomic E-state index is 0.0731. The highest BCUT2D eigenvalue weighted by atomic mass is 35.5. The van der Waals surface area contributed by atoms with Crippen LogP contribution in [0.2, 0.25) is 5.02 Å². The number of rotatable bonds is 5. The molecule has 1 amide bonds. The maximum absolute atomic E-state index is 13.9. The number of amides is 1. The number of hydrogen-bond donors (Lipinski definition) is 1. The lowest BCUT2D eigenvalue weighted by atomic mass is 10.0. The number of ether oxygens (including phenoxy) is 2. The zero-order valence-corrected chi connectivity index (χ0v) is 17.9. The van der Waals surface area contributed by atoms with Crippen LogP contribution in [0.4, 0.5) is 23.2 Å². The molecule has 0 unspecified atom stereocenters. The van der Waals surface area contributed by atoms with Gasteiger partial charge < -0.3 is 14.8 Å². The van der Waals surface area contributed by atoms with Crippen molar-refractivity contribution >= 4 is 34.8 Å². The van der Waals surface area contributed by atoms with Crippen LogP contribution in [0.15, 0.2) is 54.6 Å². The van der Waals surface area contributed by atoms with Crippen LogP contribution < -0.4 is 14.8 Å². The van der Waals surface area contributed by atoms with Crippen LogP contribution in [0.1, 0.15) is 22.3 Å². The third kappa shape index (κ3) is 4.66. The van der Waals surface area contributed by atoms with Gasteiger partial charge in [0.2, 0.25) is 0 Å². The van der Waals surface area contributed by atoms with E-state index < -0.39 is 23.5 Å². The summed E-state index contributed by atoms with van der Waals surface area (Å²) in [6.45, 7) is -0.0828. The Labute approximate surface area is 191 Å². The minimum Gasteiger partial charge on any atom is -0.493 e. The first-order valence-electron chi connectivity index (χ1n) is 9.66. The van der Waals surface area contributed by atoms with Gasteiger partial charge in [-0.1, -0.05) is 35.9 Å². The monoisotopic (exact) mass is 477 g/mol. The van der Waals surface area contributed by atoms with Crippen LogP contribution in [0.25, 0.3) is 11.6 Å². The Bertz CT molecular complexity index is 1270. The Balaban J connectivity index is 1.65. The van der Waals surface area contributed by atoms with Gasteiger partial charge in [0, 0.05) is 22.4 Å². The van der Waals surface area contributed by atoms with Crippen molar-refractivity contribution in [2.24, 2.45) is 0 Å². The molecule has 0 fully saturated rings. The Morgan fingerprint density at radius 2 is 1.85 bits per heavy atom. The van der Waals surface area contributed by atoms with Crippen LogP contribution >= 0.6 is 11.6 Å². The van der Waals surface area contributed by atoms with E-state index in [9.17, 15) is 22.4 Å². The first-order valence-corrected chi connectivity index (χ1v) is 10.0. The van der Waals surface area contributed by atoms with E-state index in [0.717, 1.165) is 12.1 Å². The van der Waals surface area contributed by atoms with Gasteiger partial charge in [-0.05, 0) is 42.0 Å². The summed E-state index contributed by atoms with van der Waals surface area (Å²) >= 11 is 6.36. The number of fused-ring (bicyclic) bond motifs is 1. The Hall–Kier alpha value is -3.52. The molecule has 33 heavy (non-hydrogen) atoms. The van der Waals surface area contributed by atoms with Gasteiger partial charge >= 0.3 is 6.18 Å². The van der Waals surface area contributed by atoms with Gasteiger partial charge in [-0.15, -0.1) is 0 Å². The van der Waals surface area contributed by atoms with Crippen LogP contribution in [0.3, 0.4) is 0 Å². The fraction of sp³-hybridized carbons (Fsp3) is 0.125. The summed E-state index contributed by atoms with van der Waals surface area (Å²) in [5.74, 6) is -0.528. The molecule has 0 spiro atoms. The lowest BCUT2D eigenvalue weighted by molar-refractivity contribution is -0.137. The van der Waals surface area contributed by atoms with Gasteiger partial charge in [-0.2, -0.15) is 13.2 Å². The van der Waals surface area contributed by atoms with Crippen molar-refractivity contribution in [2.45, 2.75) is 12.8 Å². The second-order valence-electron chi connectivity index (χ2n) is 7.18. The predicted octanol–water partition coefficient (Wildman–Crippen LogP) is 6.58. The van der Waals surface area contributed by atoms with Gasteiger partial charge in [0.15, 0.2) is 11.5 Å². The van der Waals surface area contributed by atoms with E-state index >= 15 is 0 Å². The molecule has 1 aliphatic heterocycles. The summed E-state index contributed by atoms with van der Waals surface area (Å²) in [6.07, 6.45) is -3.03. The molecule has 0 saturated heterocycles. The maximum atomic E-state index is 13.9. The Morgan fingerprint density at radius 3 is 2.55 bits per heavy atom. The molecule has 1 heterocycles. The van der Waals surface area contributed by atoms with Crippen molar-refractivity contribution in [1.29, 1.82) is 0 Å². The average Bonchev–Trinajstić information content (AvgIpc) is 3.07. The molecule has 0 bridgehead atoms. The van der Waals surface area contributed by atoms with Gasteiger partial charge in [0.25, 0.3) is 5.91 Å². The molecule has 1 N–H and O–H groups in total. The van der Waals surface area contributed by atoms with Crippen LogP contribution in [-0.2, 0) is 17.6 Å². The molecule has 1 aliphatic rings. The molecule has 0 atom stereocenters. The number of methoxy groups -OCH3 is 1. The van der Waals surface area contributed by atoms with E-state index in [1.165, 1.54) is 31.4 Å². The normalized spacial score (nSPS) is 14.2. The van der Waals surface area contributed by atoms with Crippen LogP contribution in [0.5, 0.6) is 11.5 Å². The van der Waals surface area contributed by atoms with E-state index in [4.69, 9.17) is 21.1 Å². The fourth-order valence-corrected chi connectivity index (χ4v) is 3.68. The molecular formula is C24H16ClF4NO3. The van der Waals surface area contributed by atoms with Gasteiger partial charge in [-0.25, -0.2) is 4.39 Å². The van der Waals surface area contributed by atoms with Crippen molar-refractivity contribution in [3.8, 4) is 11.5 Å². The first-order chi connectivity index (χ1) is 15.7. The van der Waals surface area contributed by atoms with E-state index in [2.05, 4.69) is 5.32 Å². The quantitative estimate of drug-likeness (QED) is 0.333. The average molecular weight is 478 g/mol. The van der Waals surface area contributed by atoms with Crippen LogP contribution in [-0.4, -0.2) is 13.0 Å². The molecule has 170 valence electrons. The number of carbonyl (C=O) groups is 1. The molecule has 0 radical (unpaired) electrons. The maximum Gasteiger partial charge on any atom is 0.416 e. The third-order valence-electron chi connectivity index (χ3n) is 5.02. The Kier molecular flexibility index (Phi) is 6.03. The molecule has 9 heteroatoms. The van der Waals surface area contributed by atoms with E-state index in [-0.39, 0.29) is 34.4 Å². The predicted molar refractivity (Wildman–Crippen MR) is 117 cm³/mol. The number of hydrogen-bond acceptors (Lipinski definition) is 3. The van der Waals surface area contributed by atoms with E-state index in [0.29, 0.717) is 16.7 Å². The number of alkyl halides is 3. The molecular weight excluding hydrogens is 462 g/mol. The Morgan fingerprint density at radius 1 is 1.09 bits per heavy atom. The third-order valence-corrected chi connectivity index (χ3v) is 5.30. The molecule has 4 rings (SSSR count). The van der Waals surface area contributed by atoms with Crippen molar-refractivity contribution in [3.05, 3.63) is 87.7 Å². The minimum atomic E-state index is -4.52. The zero-order chi connectivity index (χ0) is 23.8. The van der Waals surface area contributed by atoms with Crippen LogP contribution in [0, 0.1) is 5.82 Å². The number of nitrogens with one attached hydrogen (secondary N) is 1. The van der Waals surface area contributed by atoms with Crippen molar-refractivity contribution in [3.63, 3.8) is 0 Å². The molecule has 3 aromatic rings. The number of benzene rings is 3. The number of carbonyl (C=O) groups excluding carboxylic acids is 1. The first kappa shape index (κ1) is 22.7. The summed E-state index contributed by atoms with van der Waals surface area (Å²) < 4.78 is 63.8. The molecule has 4 nitrogen and oxygen atoms in total. The van der Waals surface area contributed by atoms with Crippen molar-refractivity contribution in [1.82, 2.24) is 0 Å². The highest BCUT2D eigenvalue weighted by molar-refractivity contribution is 6.35. The standard InChI is InChI=1S/C24H16ClF4NO3/c1-32-21-10-13(9-18(25)22(21)33-12-14-4-2-3-5-19(14)26)8-17-16-7-6-15(24(27,28)29)11-20(16)30-23(17)31/h2-11H,12H2,1H3,(H,30,31)/b17-8-. The highest BCUT2D eigenvalue weighted by Gasteiger charge is 2.33. The summed E-state index contributed by atoms with van der Waals surface area (Å²) in [6, 6.07) is 12.3. The topological polar surface area (TPSA) is 47.6 Å². The molecule has 0 aromatic heterocycles. The summed E-state index contributed by atoms with van der Waals surface area (Å²) in [5, 5.41) is 2.60.